The van der Waals surface area contributed by atoms with Crippen LogP contribution >= 0.6 is 0 Å². The van der Waals surface area contributed by atoms with Crippen LogP contribution in [0.3, 0.4) is 0 Å². The molecule has 1 amide bonds. The Hall–Kier alpha value is -3.68. The third-order valence-electron chi connectivity index (χ3n) is 4.16. The first-order valence-electron chi connectivity index (χ1n) is 8.69. The summed E-state index contributed by atoms with van der Waals surface area (Å²) in [5, 5.41) is 5.91. The molecule has 0 unspecified atom stereocenters. The molecule has 0 saturated carbocycles. The van der Waals surface area contributed by atoms with Gasteiger partial charge in [0.25, 0.3) is 5.91 Å². The number of nitrogens with zero attached hydrogens (tertiary/aromatic N) is 2. The van der Waals surface area contributed by atoms with E-state index >= 15 is 0 Å². The molecule has 7 nitrogen and oxygen atoms in total. The fraction of sp³-hybridized carbons (Fsp3) is 0.150. The summed E-state index contributed by atoms with van der Waals surface area (Å²) in [4.78, 5) is 20.6. The molecule has 4 rings (SSSR count). The van der Waals surface area contributed by atoms with Gasteiger partial charge in [0.05, 0.1) is 0 Å². The van der Waals surface area contributed by atoms with Gasteiger partial charge in [-0.2, -0.15) is 0 Å². The van der Waals surface area contributed by atoms with Gasteiger partial charge in [-0.1, -0.05) is 12.1 Å². The summed E-state index contributed by atoms with van der Waals surface area (Å²) in [6.07, 6.45) is 2.03. The topological polar surface area (TPSA) is 85.4 Å². The number of carbonyl (C=O) groups excluding carboxylic acids is 1. The molecule has 2 N–H and O–H groups in total. The Balaban J connectivity index is 1.36. The Bertz CT molecular complexity index is 995. The second-order valence-corrected chi connectivity index (χ2v) is 6.11. The van der Waals surface area contributed by atoms with Crippen LogP contribution in [0, 0.1) is 5.82 Å². The van der Waals surface area contributed by atoms with Gasteiger partial charge in [0.15, 0.2) is 11.5 Å². The molecule has 142 valence electrons. The van der Waals surface area contributed by atoms with E-state index < -0.39 is 0 Å². The molecule has 28 heavy (non-hydrogen) atoms. The molecule has 0 aliphatic carbocycles. The summed E-state index contributed by atoms with van der Waals surface area (Å²) in [5.74, 6) is 1.15. The zero-order valence-corrected chi connectivity index (χ0v) is 14.8. The number of benzene rings is 2. The molecular formula is C20H17FN4O3. The number of fused-ring (bicyclic) bond motifs is 1. The molecule has 0 spiro atoms. The normalized spacial score (nSPS) is 11.9. The van der Waals surface area contributed by atoms with Gasteiger partial charge in [-0.3, -0.25) is 4.79 Å². The van der Waals surface area contributed by atoms with Crippen molar-refractivity contribution in [3.63, 3.8) is 0 Å². The van der Waals surface area contributed by atoms with E-state index in [-0.39, 0.29) is 24.2 Å². The molecule has 8 heteroatoms. The predicted octanol–water partition coefficient (Wildman–Crippen LogP) is 3.25. The van der Waals surface area contributed by atoms with Crippen molar-refractivity contribution in [1.82, 2.24) is 9.97 Å². The minimum Gasteiger partial charge on any atom is -0.454 e. The first-order chi connectivity index (χ1) is 13.7. The maximum atomic E-state index is 12.9. The zero-order valence-electron chi connectivity index (χ0n) is 14.8. The van der Waals surface area contributed by atoms with Gasteiger partial charge in [-0.25, -0.2) is 14.4 Å². The van der Waals surface area contributed by atoms with Crippen molar-refractivity contribution in [3.8, 4) is 11.5 Å². The lowest BCUT2D eigenvalue weighted by Crippen LogP contribution is -2.15. The van der Waals surface area contributed by atoms with Crippen LogP contribution in [0.5, 0.6) is 11.5 Å². The van der Waals surface area contributed by atoms with Gasteiger partial charge < -0.3 is 20.1 Å². The standard InChI is InChI=1S/C20H17FN4O3/c21-14-3-1-13(2-4-14)7-8-22-19-10-16(23-11-24-19)20(26)25-15-5-6-17-18(9-15)28-12-27-17/h1-6,9-11H,7-8,12H2,(H,25,26)(H,22,23,24). The average molecular weight is 380 g/mol. The number of aromatic nitrogens is 2. The van der Waals surface area contributed by atoms with E-state index in [1.54, 1.807) is 36.4 Å². The van der Waals surface area contributed by atoms with Crippen LogP contribution in [0.1, 0.15) is 16.1 Å². The minimum atomic E-state index is -0.358. The van der Waals surface area contributed by atoms with Crippen LogP contribution in [0.25, 0.3) is 0 Å². The highest BCUT2D eigenvalue weighted by molar-refractivity contribution is 6.03. The SMILES string of the molecule is O=C(Nc1ccc2c(c1)OCO2)c1cc(NCCc2ccc(F)cc2)ncn1. The average Bonchev–Trinajstić information content (AvgIpc) is 3.18. The number of halogens is 1. The summed E-state index contributed by atoms with van der Waals surface area (Å²) in [6, 6.07) is 13.1. The molecule has 1 aromatic heterocycles. The third-order valence-corrected chi connectivity index (χ3v) is 4.16. The van der Waals surface area contributed by atoms with Crippen molar-refractivity contribution < 1.29 is 18.7 Å². The van der Waals surface area contributed by atoms with E-state index in [0.717, 1.165) is 5.56 Å². The molecule has 0 bridgehead atoms. The first-order valence-corrected chi connectivity index (χ1v) is 8.69. The van der Waals surface area contributed by atoms with E-state index in [0.29, 0.717) is 36.0 Å². The molecule has 0 fully saturated rings. The summed E-state index contributed by atoms with van der Waals surface area (Å²) < 4.78 is 23.5. The van der Waals surface area contributed by atoms with E-state index in [1.807, 2.05) is 0 Å². The Morgan fingerprint density at radius 1 is 1.04 bits per heavy atom. The molecule has 0 atom stereocenters. The number of hydrogen-bond donors (Lipinski definition) is 2. The van der Waals surface area contributed by atoms with Crippen LogP contribution in [0.15, 0.2) is 54.9 Å². The van der Waals surface area contributed by atoms with Gasteiger partial charge in [0.2, 0.25) is 6.79 Å². The lowest BCUT2D eigenvalue weighted by molar-refractivity contribution is 0.102. The maximum Gasteiger partial charge on any atom is 0.274 e. The van der Waals surface area contributed by atoms with Gasteiger partial charge in [-0.15, -0.1) is 0 Å². The minimum absolute atomic E-state index is 0.172. The van der Waals surface area contributed by atoms with Crippen LogP contribution in [0.2, 0.25) is 0 Å². The van der Waals surface area contributed by atoms with E-state index in [4.69, 9.17) is 9.47 Å². The summed E-state index contributed by atoms with van der Waals surface area (Å²) in [5.41, 5.74) is 1.82. The molecule has 1 aliphatic rings. The number of amides is 1. The largest absolute Gasteiger partial charge is 0.454 e. The first kappa shape index (κ1) is 17.7. The summed E-state index contributed by atoms with van der Waals surface area (Å²) in [7, 11) is 0. The fourth-order valence-corrected chi connectivity index (χ4v) is 2.73. The summed E-state index contributed by atoms with van der Waals surface area (Å²) in [6.45, 7) is 0.761. The highest BCUT2D eigenvalue weighted by Crippen LogP contribution is 2.34. The van der Waals surface area contributed by atoms with Crippen LogP contribution < -0.4 is 20.1 Å². The van der Waals surface area contributed by atoms with Crippen LogP contribution in [-0.2, 0) is 6.42 Å². The number of rotatable bonds is 6. The van der Waals surface area contributed by atoms with Crippen molar-refractivity contribution in [2.45, 2.75) is 6.42 Å². The monoisotopic (exact) mass is 380 g/mol. The second-order valence-electron chi connectivity index (χ2n) is 6.11. The van der Waals surface area contributed by atoms with Crippen LogP contribution in [-0.4, -0.2) is 29.2 Å². The Morgan fingerprint density at radius 2 is 1.86 bits per heavy atom. The summed E-state index contributed by atoms with van der Waals surface area (Å²) >= 11 is 0. The van der Waals surface area contributed by atoms with Crippen LogP contribution in [0.4, 0.5) is 15.9 Å². The number of anilines is 2. The molecule has 3 aromatic rings. The number of nitrogens with one attached hydrogen (secondary N) is 2. The zero-order chi connectivity index (χ0) is 19.3. The van der Waals surface area contributed by atoms with Gasteiger partial charge in [0, 0.05) is 24.4 Å². The molecule has 2 heterocycles. The Labute approximate surface area is 160 Å². The molecule has 1 aliphatic heterocycles. The van der Waals surface area contributed by atoms with Crippen molar-refractivity contribution in [1.29, 1.82) is 0 Å². The fourth-order valence-electron chi connectivity index (χ4n) is 2.73. The van der Waals surface area contributed by atoms with E-state index in [2.05, 4.69) is 20.6 Å². The van der Waals surface area contributed by atoms with Crippen molar-refractivity contribution in [2.75, 3.05) is 24.0 Å². The third kappa shape index (κ3) is 4.17. The molecular weight excluding hydrogens is 363 g/mol. The number of carbonyl (C=O) groups is 1. The highest BCUT2D eigenvalue weighted by atomic mass is 19.1. The van der Waals surface area contributed by atoms with Gasteiger partial charge in [-0.05, 0) is 36.2 Å². The van der Waals surface area contributed by atoms with Gasteiger partial charge >= 0.3 is 0 Å². The number of ether oxygens (including phenoxy) is 2. The molecule has 0 radical (unpaired) electrons. The highest BCUT2D eigenvalue weighted by Gasteiger charge is 2.15. The van der Waals surface area contributed by atoms with E-state index in [1.165, 1.54) is 18.5 Å². The smallest absolute Gasteiger partial charge is 0.274 e. The second kappa shape index (κ2) is 7.91. The molecule has 2 aromatic carbocycles. The lowest BCUT2D eigenvalue weighted by Gasteiger charge is -2.08. The Kier molecular flexibility index (Phi) is 5.01. The Morgan fingerprint density at radius 3 is 2.71 bits per heavy atom. The molecule has 0 saturated heterocycles. The van der Waals surface area contributed by atoms with E-state index in [9.17, 15) is 9.18 Å². The van der Waals surface area contributed by atoms with Crippen molar-refractivity contribution >= 4 is 17.4 Å². The number of hydrogen-bond acceptors (Lipinski definition) is 6. The van der Waals surface area contributed by atoms with Crippen molar-refractivity contribution in [3.05, 3.63) is 71.9 Å². The van der Waals surface area contributed by atoms with Crippen molar-refractivity contribution in [2.24, 2.45) is 0 Å². The quantitative estimate of drug-likeness (QED) is 0.683. The van der Waals surface area contributed by atoms with Gasteiger partial charge in [0.1, 0.15) is 23.7 Å². The lowest BCUT2D eigenvalue weighted by atomic mass is 10.1. The predicted molar refractivity (Wildman–Crippen MR) is 101 cm³/mol. The maximum absolute atomic E-state index is 12.9.